The zero-order chi connectivity index (χ0) is 28.2. The van der Waals surface area contributed by atoms with E-state index in [2.05, 4.69) is 35.7 Å². The highest BCUT2D eigenvalue weighted by atomic mass is 32.2. The van der Waals surface area contributed by atoms with Gasteiger partial charge in [0.15, 0.2) is 11.6 Å². The van der Waals surface area contributed by atoms with Crippen LogP contribution in [0.1, 0.15) is 36.6 Å². The van der Waals surface area contributed by atoms with Gasteiger partial charge in [0, 0.05) is 23.6 Å². The molecule has 0 aliphatic carbocycles. The van der Waals surface area contributed by atoms with Gasteiger partial charge in [-0.15, -0.1) is 0 Å². The Bertz CT molecular complexity index is 1910. The minimum atomic E-state index is -4.92. The smallest absolute Gasteiger partial charge is 0.323 e. The minimum Gasteiger partial charge on any atom is -0.323 e. The van der Waals surface area contributed by atoms with E-state index in [4.69, 9.17) is 0 Å². The van der Waals surface area contributed by atoms with Crippen molar-refractivity contribution in [3.8, 4) is 11.4 Å². The van der Waals surface area contributed by atoms with Crippen molar-refractivity contribution < 1.29 is 21.6 Å². The number of benzene rings is 2. The number of piperidine rings is 1. The molecule has 15 heteroatoms. The first kappa shape index (κ1) is 26.0. The van der Waals surface area contributed by atoms with Crippen LogP contribution in [0.25, 0.3) is 33.2 Å². The molecule has 1 unspecified atom stereocenters. The van der Waals surface area contributed by atoms with E-state index in [0.29, 0.717) is 25.1 Å². The van der Waals surface area contributed by atoms with Crippen LogP contribution < -0.4 is 10.9 Å². The molecular formula is C25H23F3N8O3S. The van der Waals surface area contributed by atoms with Crippen molar-refractivity contribution >= 4 is 43.5 Å². The monoisotopic (exact) mass is 572 g/mol. The minimum absolute atomic E-state index is 0.0193. The molecule has 1 aliphatic rings. The highest BCUT2D eigenvalue weighted by molar-refractivity contribution is 7.88. The molecule has 0 radical (unpaired) electrons. The number of fused-ring (bicyclic) bond motifs is 2. The van der Waals surface area contributed by atoms with Crippen LogP contribution in [-0.2, 0) is 16.2 Å². The van der Waals surface area contributed by atoms with Crippen LogP contribution in [0.15, 0.2) is 47.3 Å². The Labute approximate surface area is 224 Å². The predicted molar refractivity (Wildman–Crippen MR) is 142 cm³/mol. The first-order chi connectivity index (χ1) is 19.0. The van der Waals surface area contributed by atoms with Gasteiger partial charge in [-0.1, -0.05) is 18.6 Å². The van der Waals surface area contributed by atoms with Gasteiger partial charge in [0.25, 0.3) is 5.56 Å². The van der Waals surface area contributed by atoms with Gasteiger partial charge in [0.05, 0.1) is 40.0 Å². The summed E-state index contributed by atoms with van der Waals surface area (Å²) in [6, 6.07) is 10.6. The second-order valence-electron chi connectivity index (χ2n) is 9.62. The van der Waals surface area contributed by atoms with Gasteiger partial charge in [-0.05, 0) is 37.1 Å². The number of para-hydroxylation sites is 1. The van der Waals surface area contributed by atoms with E-state index in [9.17, 15) is 26.4 Å². The number of aromatic amines is 3. The molecule has 4 heterocycles. The summed E-state index contributed by atoms with van der Waals surface area (Å²) in [7, 11) is -3.65. The summed E-state index contributed by atoms with van der Waals surface area (Å²) in [5.41, 5.74) is -1.60. The number of halogens is 3. The number of rotatable bonds is 5. The third kappa shape index (κ3) is 4.60. The second kappa shape index (κ2) is 9.45. The maximum absolute atomic E-state index is 14.4. The van der Waals surface area contributed by atoms with Crippen molar-refractivity contribution in [3.05, 3.63) is 64.1 Å². The molecule has 0 amide bonds. The lowest BCUT2D eigenvalue weighted by Gasteiger charge is -2.33. The van der Waals surface area contributed by atoms with Gasteiger partial charge < -0.3 is 5.32 Å². The molecule has 1 fully saturated rings. The van der Waals surface area contributed by atoms with Gasteiger partial charge in [-0.3, -0.25) is 20.1 Å². The van der Waals surface area contributed by atoms with Gasteiger partial charge in [-0.25, -0.2) is 18.4 Å². The van der Waals surface area contributed by atoms with Crippen molar-refractivity contribution in [3.63, 3.8) is 0 Å². The summed E-state index contributed by atoms with van der Waals surface area (Å²) in [4.78, 5) is 21.2. The summed E-state index contributed by atoms with van der Waals surface area (Å²) in [5.74, 6) is 0.185. The van der Waals surface area contributed by atoms with Crippen LogP contribution in [0, 0.1) is 0 Å². The third-order valence-electron chi connectivity index (χ3n) is 6.95. The average molecular weight is 573 g/mol. The first-order valence-corrected chi connectivity index (χ1v) is 14.2. The molecule has 6 rings (SSSR count). The molecule has 208 valence electrons. The fourth-order valence-electron chi connectivity index (χ4n) is 5.21. The SMILES string of the molecule is CS(=O)(=O)N1CCCCC1c1cc(Nc2n[nH]c3ccccc23)nc(-c2ccc3[nH][nH]c(=O)c3c2C(F)(F)F)n1. The largest absolute Gasteiger partial charge is 0.417 e. The van der Waals surface area contributed by atoms with E-state index in [1.165, 1.54) is 22.5 Å². The zero-order valence-corrected chi connectivity index (χ0v) is 21.8. The molecule has 40 heavy (non-hydrogen) atoms. The third-order valence-corrected chi connectivity index (χ3v) is 8.24. The van der Waals surface area contributed by atoms with Gasteiger partial charge >= 0.3 is 6.18 Å². The molecule has 3 aromatic heterocycles. The molecule has 1 aliphatic heterocycles. The Morgan fingerprint density at radius 2 is 1.85 bits per heavy atom. The molecule has 0 saturated carbocycles. The lowest BCUT2D eigenvalue weighted by Crippen LogP contribution is -2.38. The van der Waals surface area contributed by atoms with E-state index in [1.54, 1.807) is 0 Å². The van der Waals surface area contributed by atoms with Crippen molar-refractivity contribution in [2.24, 2.45) is 0 Å². The number of hydrogen-bond acceptors (Lipinski definition) is 7. The molecule has 4 N–H and O–H groups in total. The quantitative estimate of drug-likeness (QED) is 0.243. The summed E-state index contributed by atoms with van der Waals surface area (Å²) in [6.45, 7) is 0.258. The Kier molecular flexibility index (Phi) is 6.14. The molecule has 1 atom stereocenters. The van der Waals surface area contributed by atoms with E-state index in [0.717, 1.165) is 17.2 Å². The molecule has 11 nitrogen and oxygen atoms in total. The highest BCUT2D eigenvalue weighted by Crippen LogP contribution is 2.41. The number of aromatic nitrogens is 6. The number of nitrogens with one attached hydrogen (secondary N) is 4. The van der Waals surface area contributed by atoms with Crippen molar-refractivity contribution in [1.29, 1.82) is 0 Å². The standard InChI is InChI=1S/C25H23F3N8O3S/c1-40(38,39)36-11-5-4-8-18(36)17-12-19(31-23-13-6-2-3-7-15(13)32-34-23)30-22(29-17)14-9-10-16-20(24(37)35-33-16)21(14)25(26,27)28/h2-3,6-7,9-10,12,18H,4-5,8,11H2,1H3,(H2,33,35,37)(H2,29,30,31,32,34). The predicted octanol–water partition coefficient (Wildman–Crippen LogP) is 4.44. The molecule has 0 spiro atoms. The Balaban J connectivity index is 1.57. The molecule has 0 bridgehead atoms. The Morgan fingerprint density at radius 1 is 1.05 bits per heavy atom. The number of hydrogen-bond donors (Lipinski definition) is 4. The summed E-state index contributed by atoms with van der Waals surface area (Å²) < 4.78 is 69.8. The van der Waals surface area contributed by atoms with E-state index in [-0.39, 0.29) is 29.4 Å². The fraction of sp³-hybridized carbons (Fsp3) is 0.280. The molecule has 5 aromatic rings. The topological polar surface area (TPSA) is 153 Å². The van der Waals surface area contributed by atoms with Crippen molar-refractivity contribution in [1.82, 2.24) is 34.7 Å². The van der Waals surface area contributed by atoms with Gasteiger partial charge in [-0.2, -0.15) is 22.6 Å². The normalized spacial score (nSPS) is 17.1. The number of alkyl halides is 3. The maximum Gasteiger partial charge on any atom is 0.417 e. The van der Waals surface area contributed by atoms with Gasteiger partial charge in [0.2, 0.25) is 10.0 Å². The summed E-state index contributed by atoms with van der Waals surface area (Å²) in [6.07, 6.45) is -2.04. The van der Waals surface area contributed by atoms with Crippen LogP contribution in [0.3, 0.4) is 0 Å². The number of anilines is 2. The van der Waals surface area contributed by atoms with Crippen LogP contribution in [0.2, 0.25) is 0 Å². The second-order valence-corrected chi connectivity index (χ2v) is 11.6. The van der Waals surface area contributed by atoms with Crippen molar-refractivity contribution in [2.75, 3.05) is 18.1 Å². The highest BCUT2D eigenvalue weighted by Gasteiger charge is 2.39. The lowest BCUT2D eigenvalue weighted by molar-refractivity contribution is -0.135. The van der Waals surface area contributed by atoms with Crippen LogP contribution >= 0.6 is 0 Å². The van der Waals surface area contributed by atoms with Crippen LogP contribution in [0.4, 0.5) is 24.8 Å². The summed E-state index contributed by atoms with van der Waals surface area (Å²) in [5, 5.41) is 15.0. The number of sulfonamides is 1. The van der Waals surface area contributed by atoms with E-state index >= 15 is 0 Å². The zero-order valence-electron chi connectivity index (χ0n) is 21.0. The Hall–Kier alpha value is -4.24. The van der Waals surface area contributed by atoms with Crippen molar-refractivity contribution in [2.45, 2.75) is 31.5 Å². The fourth-order valence-corrected chi connectivity index (χ4v) is 6.35. The molecule has 2 aromatic carbocycles. The number of H-pyrrole nitrogens is 3. The van der Waals surface area contributed by atoms with E-state index < -0.39 is 44.3 Å². The molecule has 1 saturated heterocycles. The van der Waals surface area contributed by atoms with Crippen LogP contribution in [0.5, 0.6) is 0 Å². The van der Waals surface area contributed by atoms with Gasteiger partial charge in [0.1, 0.15) is 5.82 Å². The summed E-state index contributed by atoms with van der Waals surface area (Å²) >= 11 is 0. The lowest BCUT2D eigenvalue weighted by atomic mass is 9.99. The van der Waals surface area contributed by atoms with E-state index in [1.807, 2.05) is 24.3 Å². The molecular weight excluding hydrogens is 549 g/mol. The van der Waals surface area contributed by atoms with Crippen LogP contribution in [-0.4, -0.2) is 55.9 Å². The first-order valence-electron chi connectivity index (χ1n) is 12.4. The average Bonchev–Trinajstić information content (AvgIpc) is 3.50. The number of nitrogens with zero attached hydrogens (tertiary/aromatic N) is 4. The Morgan fingerprint density at radius 3 is 2.62 bits per heavy atom. The maximum atomic E-state index is 14.4.